The topological polar surface area (TPSA) is 103 Å². The van der Waals surface area contributed by atoms with Gasteiger partial charge >= 0.3 is 0 Å². The molecule has 1 unspecified atom stereocenters. The molecule has 152 valence electrons. The number of aryl methyl sites for hydroxylation is 2. The molecule has 0 saturated heterocycles. The number of rotatable bonds is 8. The zero-order valence-corrected chi connectivity index (χ0v) is 18.1. The average Bonchev–Trinajstić information content (AvgIpc) is 3.32. The summed E-state index contributed by atoms with van der Waals surface area (Å²) in [6.07, 6.45) is 0.174. The number of nitrogens with one attached hydrogen (secondary N) is 1. The van der Waals surface area contributed by atoms with Gasteiger partial charge in [-0.25, -0.2) is 0 Å². The fourth-order valence-corrected chi connectivity index (χ4v) is 4.30. The van der Waals surface area contributed by atoms with Crippen molar-refractivity contribution in [1.29, 1.82) is 0 Å². The van der Waals surface area contributed by atoms with Crippen molar-refractivity contribution in [3.63, 3.8) is 0 Å². The molecule has 0 spiro atoms. The highest BCUT2D eigenvalue weighted by Crippen LogP contribution is 2.30. The third-order valence-electron chi connectivity index (χ3n) is 4.34. The molecule has 9 heteroatoms. The normalized spacial score (nSPS) is 12.0. The van der Waals surface area contributed by atoms with E-state index < -0.39 is 11.2 Å². The van der Waals surface area contributed by atoms with Crippen molar-refractivity contribution in [2.45, 2.75) is 44.1 Å². The van der Waals surface area contributed by atoms with Gasteiger partial charge in [-0.1, -0.05) is 30.0 Å². The molecule has 2 aromatic heterocycles. The van der Waals surface area contributed by atoms with E-state index in [9.17, 15) is 9.59 Å². The number of primary amides is 1. The van der Waals surface area contributed by atoms with Crippen LogP contribution in [0, 0.1) is 13.8 Å². The minimum absolute atomic E-state index is 0.120. The van der Waals surface area contributed by atoms with Crippen molar-refractivity contribution >= 4 is 40.6 Å². The molecular weight excluding hydrogens is 406 g/mol. The van der Waals surface area contributed by atoms with E-state index in [1.807, 2.05) is 61.1 Å². The van der Waals surface area contributed by atoms with Gasteiger partial charge < -0.3 is 15.6 Å². The summed E-state index contributed by atoms with van der Waals surface area (Å²) in [5.74, 6) is 0.157. The summed E-state index contributed by atoms with van der Waals surface area (Å²) in [5, 5.41) is 13.7. The quantitative estimate of drug-likeness (QED) is 0.533. The van der Waals surface area contributed by atoms with Gasteiger partial charge in [0.1, 0.15) is 0 Å². The third kappa shape index (κ3) is 5.24. The minimum atomic E-state index is -0.400. The van der Waals surface area contributed by atoms with Crippen molar-refractivity contribution in [3.05, 3.63) is 46.8 Å². The maximum absolute atomic E-state index is 12.7. The first kappa shape index (κ1) is 21.1. The Balaban J connectivity index is 1.78. The fourth-order valence-electron chi connectivity index (χ4n) is 2.70. The molecule has 0 fully saturated rings. The molecule has 0 radical (unpaired) electrons. The van der Waals surface area contributed by atoms with E-state index in [1.54, 1.807) is 0 Å². The van der Waals surface area contributed by atoms with Gasteiger partial charge in [0, 0.05) is 18.7 Å². The Hall–Kier alpha value is -2.65. The number of benzene rings is 1. The minimum Gasteiger partial charge on any atom is -0.370 e. The van der Waals surface area contributed by atoms with Gasteiger partial charge in [0.05, 0.1) is 10.1 Å². The van der Waals surface area contributed by atoms with Crippen LogP contribution in [0.25, 0.3) is 10.7 Å². The SMILES string of the molecule is Cc1ccc(C)c(NC(=O)C(C)Sc2nnc(-c3cccs3)n2CCC(N)=O)c1. The van der Waals surface area contributed by atoms with E-state index in [2.05, 4.69) is 15.5 Å². The number of carbonyl (C=O) groups is 2. The summed E-state index contributed by atoms with van der Waals surface area (Å²) in [4.78, 5) is 25.0. The molecule has 3 N–H and O–H groups in total. The molecule has 0 saturated carbocycles. The summed E-state index contributed by atoms with van der Waals surface area (Å²) in [6, 6.07) is 9.82. The first-order valence-electron chi connectivity index (χ1n) is 9.15. The van der Waals surface area contributed by atoms with Gasteiger partial charge in [-0.2, -0.15) is 0 Å². The van der Waals surface area contributed by atoms with Crippen molar-refractivity contribution in [2.75, 3.05) is 5.32 Å². The standard InChI is InChI=1S/C20H23N5O2S2/c1-12-6-7-13(2)15(11-12)22-19(27)14(3)29-20-24-23-18(16-5-4-10-28-16)25(20)9-8-17(21)26/h4-7,10-11,14H,8-9H2,1-3H3,(H2,21,26)(H,22,27). The molecule has 29 heavy (non-hydrogen) atoms. The Morgan fingerprint density at radius 2 is 2.07 bits per heavy atom. The zero-order chi connectivity index (χ0) is 21.0. The van der Waals surface area contributed by atoms with Crippen LogP contribution in [0.15, 0.2) is 40.9 Å². The molecule has 2 amide bonds. The molecule has 3 aromatic rings. The predicted octanol–water partition coefficient (Wildman–Crippen LogP) is 3.62. The second-order valence-electron chi connectivity index (χ2n) is 6.72. The first-order chi connectivity index (χ1) is 13.8. The van der Waals surface area contributed by atoms with Crippen molar-refractivity contribution in [2.24, 2.45) is 5.73 Å². The van der Waals surface area contributed by atoms with Crippen LogP contribution in [-0.2, 0) is 16.1 Å². The number of thioether (sulfide) groups is 1. The maximum atomic E-state index is 12.7. The summed E-state index contributed by atoms with van der Waals surface area (Å²) in [5.41, 5.74) is 8.22. The number of hydrogen-bond donors (Lipinski definition) is 2. The number of anilines is 1. The number of hydrogen-bond acceptors (Lipinski definition) is 6. The largest absolute Gasteiger partial charge is 0.370 e. The van der Waals surface area contributed by atoms with Crippen LogP contribution in [-0.4, -0.2) is 31.8 Å². The van der Waals surface area contributed by atoms with Crippen LogP contribution in [0.3, 0.4) is 0 Å². The monoisotopic (exact) mass is 429 g/mol. The lowest BCUT2D eigenvalue weighted by atomic mass is 10.1. The summed E-state index contributed by atoms with van der Waals surface area (Å²) in [7, 11) is 0. The van der Waals surface area contributed by atoms with Crippen LogP contribution in [0.1, 0.15) is 24.5 Å². The molecule has 0 bridgehead atoms. The van der Waals surface area contributed by atoms with Crippen LogP contribution in [0.5, 0.6) is 0 Å². The van der Waals surface area contributed by atoms with Crippen LogP contribution in [0.2, 0.25) is 0 Å². The smallest absolute Gasteiger partial charge is 0.237 e. The summed E-state index contributed by atoms with van der Waals surface area (Å²) in [6.45, 7) is 6.13. The first-order valence-corrected chi connectivity index (χ1v) is 10.9. The molecular formula is C20H23N5O2S2. The lowest BCUT2D eigenvalue weighted by Crippen LogP contribution is -2.23. The fraction of sp³-hybridized carbons (Fsp3) is 0.300. The highest BCUT2D eigenvalue weighted by atomic mass is 32.2. The van der Waals surface area contributed by atoms with E-state index in [1.165, 1.54) is 23.1 Å². The van der Waals surface area contributed by atoms with Crippen molar-refractivity contribution < 1.29 is 9.59 Å². The average molecular weight is 430 g/mol. The van der Waals surface area contributed by atoms with E-state index in [0.29, 0.717) is 17.5 Å². The lowest BCUT2D eigenvalue weighted by Gasteiger charge is -2.14. The number of thiophene rings is 1. The lowest BCUT2D eigenvalue weighted by molar-refractivity contribution is -0.118. The molecule has 0 aliphatic rings. The van der Waals surface area contributed by atoms with Gasteiger partial charge in [0.2, 0.25) is 11.8 Å². The second kappa shape index (κ2) is 9.23. The molecule has 1 aromatic carbocycles. The zero-order valence-electron chi connectivity index (χ0n) is 16.5. The summed E-state index contributed by atoms with van der Waals surface area (Å²) < 4.78 is 1.85. The Morgan fingerprint density at radius 3 is 2.76 bits per heavy atom. The van der Waals surface area contributed by atoms with Crippen molar-refractivity contribution in [3.8, 4) is 10.7 Å². The third-order valence-corrected chi connectivity index (χ3v) is 6.29. The molecule has 0 aliphatic carbocycles. The molecule has 3 rings (SSSR count). The van der Waals surface area contributed by atoms with Crippen molar-refractivity contribution in [1.82, 2.24) is 14.8 Å². The number of carbonyl (C=O) groups excluding carboxylic acids is 2. The number of nitrogens with zero attached hydrogens (tertiary/aromatic N) is 3. The Bertz CT molecular complexity index is 1010. The molecule has 2 heterocycles. The number of nitrogens with two attached hydrogens (primary N) is 1. The summed E-state index contributed by atoms with van der Waals surface area (Å²) >= 11 is 2.85. The van der Waals surface area contributed by atoms with Crippen LogP contribution < -0.4 is 11.1 Å². The number of aromatic nitrogens is 3. The highest BCUT2D eigenvalue weighted by molar-refractivity contribution is 8.00. The highest BCUT2D eigenvalue weighted by Gasteiger charge is 2.22. The molecule has 0 aliphatic heterocycles. The maximum Gasteiger partial charge on any atom is 0.237 e. The Kier molecular flexibility index (Phi) is 6.71. The van der Waals surface area contributed by atoms with E-state index in [-0.39, 0.29) is 12.3 Å². The number of amides is 2. The van der Waals surface area contributed by atoms with E-state index in [0.717, 1.165) is 21.7 Å². The van der Waals surface area contributed by atoms with Gasteiger partial charge in [-0.15, -0.1) is 21.5 Å². The molecule has 7 nitrogen and oxygen atoms in total. The Labute approximate surface area is 177 Å². The van der Waals surface area contributed by atoms with E-state index >= 15 is 0 Å². The van der Waals surface area contributed by atoms with Gasteiger partial charge in [-0.05, 0) is 49.4 Å². The van der Waals surface area contributed by atoms with Gasteiger partial charge in [-0.3, -0.25) is 9.59 Å². The van der Waals surface area contributed by atoms with Crippen LogP contribution >= 0.6 is 23.1 Å². The predicted molar refractivity (Wildman–Crippen MR) is 117 cm³/mol. The molecule has 1 atom stereocenters. The van der Waals surface area contributed by atoms with Gasteiger partial charge in [0.15, 0.2) is 11.0 Å². The van der Waals surface area contributed by atoms with Crippen LogP contribution in [0.4, 0.5) is 5.69 Å². The van der Waals surface area contributed by atoms with E-state index in [4.69, 9.17) is 5.73 Å². The second-order valence-corrected chi connectivity index (χ2v) is 8.97. The Morgan fingerprint density at radius 1 is 1.28 bits per heavy atom. The van der Waals surface area contributed by atoms with Gasteiger partial charge in [0.25, 0.3) is 0 Å².